The van der Waals surface area contributed by atoms with Crippen molar-refractivity contribution >= 4 is 0 Å². The lowest BCUT2D eigenvalue weighted by Crippen LogP contribution is -2.36. The van der Waals surface area contributed by atoms with E-state index in [4.69, 9.17) is 0 Å². The fraction of sp³-hybridized carbons (Fsp3) is 0.875. The lowest BCUT2D eigenvalue weighted by molar-refractivity contribution is 0.383. The van der Waals surface area contributed by atoms with Gasteiger partial charge >= 0.3 is 0 Å². The Morgan fingerprint density at radius 1 is 1.25 bits per heavy atom. The van der Waals surface area contributed by atoms with Gasteiger partial charge in [0.2, 0.25) is 0 Å². The van der Waals surface area contributed by atoms with Gasteiger partial charge in [0.1, 0.15) is 12.2 Å². The lowest BCUT2D eigenvalue weighted by Gasteiger charge is -2.20. The third-order valence-corrected chi connectivity index (χ3v) is 5.59. The van der Waals surface area contributed by atoms with Crippen molar-refractivity contribution in [1.82, 2.24) is 20.1 Å². The van der Waals surface area contributed by atoms with Crippen LogP contribution in [0.1, 0.15) is 53.8 Å². The molecule has 1 aromatic heterocycles. The molecule has 0 aromatic carbocycles. The first-order valence-corrected chi connectivity index (χ1v) is 7.96. The van der Waals surface area contributed by atoms with E-state index >= 15 is 0 Å². The minimum absolute atomic E-state index is 0.398. The molecule has 114 valence electrons. The quantitative estimate of drug-likeness (QED) is 0.834. The Kier molecular flexibility index (Phi) is 4.24. The summed E-state index contributed by atoms with van der Waals surface area (Å²) in [6, 6.07) is 0.495. The van der Waals surface area contributed by atoms with Gasteiger partial charge in [-0.25, -0.2) is 4.98 Å². The summed E-state index contributed by atoms with van der Waals surface area (Å²) in [5, 5.41) is 8.05. The largest absolute Gasteiger partial charge is 0.313 e. The third-order valence-electron chi connectivity index (χ3n) is 5.59. The van der Waals surface area contributed by atoms with Crippen molar-refractivity contribution in [2.75, 3.05) is 6.54 Å². The molecule has 4 nitrogen and oxygen atoms in total. The standard InChI is InChI=1S/C16H30N4/c1-7-9-17-12(14-15(3,4)16(14,5)6)10-13-18-11-19-20(13)8-2/h11-12,14,17H,7-10H2,1-6H3. The summed E-state index contributed by atoms with van der Waals surface area (Å²) >= 11 is 0. The molecule has 2 rings (SSSR count). The Bertz CT molecular complexity index is 433. The zero-order chi connectivity index (χ0) is 15.0. The molecule has 0 radical (unpaired) electrons. The van der Waals surface area contributed by atoms with Crippen LogP contribution in [0.25, 0.3) is 0 Å². The van der Waals surface area contributed by atoms with Crippen LogP contribution in [-0.2, 0) is 13.0 Å². The zero-order valence-corrected chi connectivity index (χ0v) is 13.9. The molecule has 1 aliphatic rings. The fourth-order valence-electron chi connectivity index (χ4n) is 3.80. The van der Waals surface area contributed by atoms with E-state index < -0.39 is 0 Å². The SMILES string of the molecule is CCCNC(Cc1ncnn1CC)C1C(C)(C)C1(C)C. The number of hydrogen-bond donors (Lipinski definition) is 1. The Morgan fingerprint density at radius 2 is 1.90 bits per heavy atom. The molecule has 1 unspecified atom stereocenters. The molecule has 1 saturated carbocycles. The summed E-state index contributed by atoms with van der Waals surface area (Å²) in [5.41, 5.74) is 0.797. The van der Waals surface area contributed by atoms with E-state index in [-0.39, 0.29) is 0 Å². The molecule has 1 N–H and O–H groups in total. The van der Waals surface area contributed by atoms with Crippen LogP contribution in [0.15, 0.2) is 6.33 Å². The van der Waals surface area contributed by atoms with Crippen molar-refractivity contribution in [2.45, 2.75) is 67.0 Å². The molecule has 1 atom stereocenters. The Balaban J connectivity index is 2.13. The first-order chi connectivity index (χ1) is 9.36. The van der Waals surface area contributed by atoms with Gasteiger partial charge in [0, 0.05) is 19.0 Å². The minimum atomic E-state index is 0.398. The molecule has 20 heavy (non-hydrogen) atoms. The van der Waals surface area contributed by atoms with Crippen molar-refractivity contribution in [3.05, 3.63) is 12.2 Å². The second-order valence-electron chi connectivity index (χ2n) is 7.18. The van der Waals surface area contributed by atoms with Gasteiger partial charge in [-0.2, -0.15) is 5.10 Å². The van der Waals surface area contributed by atoms with Gasteiger partial charge in [0.15, 0.2) is 0 Å². The smallest absolute Gasteiger partial charge is 0.138 e. The van der Waals surface area contributed by atoms with Crippen molar-refractivity contribution in [3.8, 4) is 0 Å². The van der Waals surface area contributed by atoms with Gasteiger partial charge in [-0.3, -0.25) is 4.68 Å². The van der Waals surface area contributed by atoms with Crippen LogP contribution in [0.3, 0.4) is 0 Å². The normalized spacial score (nSPS) is 21.9. The number of rotatable bonds is 7. The first kappa shape index (κ1) is 15.5. The summed E-state index contributed by atoms with van der Waals surface area (Å²) in [4.78, 5) is 4.45. The van der Waals surface area contributed by atoms with E-state index in [0.29, 0.717) is 22.8 Å². The van der Waals surface area contributed by atoms with Crippen molar-refractivity contribution in [3.63, 3.8) is 0 Å². The maximum atomic E-state index is 4.45. The fourth-order valence-corrected chi connectivity index (χ4v) is 3.80. The maximum Gasteiger partial charge on any atom is 0.138 e. The Labute approximate surface area is 123 Å². The molecule has 0 bridgehead atoms. The molecule has 1 aromatic rings. The average Bonchev–Trinajstić information content (AvgIpc) is 2.71. The van der Waals surface area contributed by atoms with Crippen LogP contribution in [0.4, 0.5) is 0 Å². The van der Waals surface area contributed by atoms with Gasteiger partial charge in [0.05, 0.1) is 0 Å². The summed E-state index contributed by atoms with van der Waals surface area (Å²) in [6.07, 6.45) is 3.83. The number of nitrogens with zero attached hydrogens (tertiary/aromatic N) is 3. The van der Waals surface area contributed by atoms with Gasteiger partial charge in [-0.05, 0) is 36.6 Å². The highest BCUT2D eigenvalue weighted by Gasteiger charge is 2.66. The van der Waals surface area contributed by atoms with Crippen LogP contribution in [0.5, 0.6) is 0 Å². The summed E-state index contributed by atoms with van der Waals surface area (Å²) < 4.78 is 2.02. The predicted octanol–water partition coefficient (Wildman–Crippen LogP) is 2.89. The van der Waals surface area contributed by atoms with Crippen LogP contribution in [0, 0.1) is 16.7 Å². The van der Waals surface area contributed by atoms with Crippen LogP contribution >= 0.6 is 0 Å². The highest BCUT2D eigenvalue weighted by molar-refractivity contribution is 5.17. The number of nitrogens with one attached hydrogen (secondary N) is 1. The zero-order valence-electron chi connectivity index (χ0n) is 13.9. The number of hydrogen-bond acceptors (Lipinski definition) is 3. The molecule has 4 heteroatoms. The highest BCUT2D eigenvalue weighted by atomic mass is 15.3. The molecule has 1 aliphatic carbocycles. The summed E-state index contributed by atoms with van der Waals surface area (Å²) in [6.45, 7) is 15.9. The second-order valence-corrected chi connectivity index (χ2v) is 7.18. The molecule has 0 spiro atoms. The maximum absolute atomic E-state index is 4.45. The predicted molar refractivity (Wildman–Crippen MR) is 82.5 cm³/mol. The van der Waals surface area contributed by atoms with Gasteiger partial charge in [0.25, 0.3) is 0 Å². The molecular formula is C16H30N4. The van der Waals surface area contributed by atoms with E-state index in [1.165, 1.54) is 6.42 Å². The van der Waals surface area contributed by atoms with E-state index in [2.05, 4.69) is 56.9 Å². The summed E-state index contributed by atoms with van der Waals surface area (Å²) in [5.74, 6) is 1.81. The van der Waals surface area contributed by atoms with Crippen LogP contribution in [0.2, 0.25) is 0 Å². The Hall–Kier alpha value is -0.900. The number of aryl methyl sites for hydroxylation is 1. The minimum Gasteiger partial charge on any atom is -0.313 e. The molecule has 0 saturated heterocycles. The van der Waals surface area contributed by atoms with Crippen molar-refractivity contribution in [1.29, 1.82) is 0 Å². The van der Waals surface area contributed by atoms with Gasteiger partial charge in [-0.15, -0.1) is 0 Å². The van der Waals surface area contributed by atoms with E-state index in [1.54, 1.807) is 6.33 Å². The molecule has 1 heterocycles. The Morgan fingerprint density at radius 3 is 2.40 bits per heavy atom. The molecule has 1 fully saturated rings. The molecule has 0 aliphatic heterocycles. The topological polar surface area (TPSA) is 42.7 Å². The van der Waals surface area contributed by atoms with Crippen LogP contribution in [-0.4, -0.2) is 27.4 Å². The van der Waals surface area contributed by atoms with E-state index in [9.17, 15) is 0 Å². The third kappa shape index (κ3) is 2.50. The van der Waals surface area contributed by atoms with Gasteiger partial charge in [-0.1, -0.05) is 34.6 Å². The molecule has 0 amide bonds. The highest BCUT2D eigenvalue weighted by Crippen LogP contribution is 2.69. The summed E-state index contributed by atoms with van der Waals surface area (Å²) in [7, 11) is 0. The molecular weight excluding hydrogens is 248 g/mol. The first-order valence-electron chi connectivity index (χ1n) is 7.96. The monoisotopic (exact) mass is 278 g/mol. The van der Waals surface area contributed by atoms with E-state index in [1.807, 2.05) is 4.68 Å². The van der Waals surface area contributed by atoms with E-state index in [0.717, 1.165) is 25.3 Å². The van der Waals surface area contributed by atoms with Crippen molar-refractivity contribution < 1.29 is 0 Å². The average molecular weight is 278 g/mol. The lowest BCUT2D eigenvalue weighted by atomic mass is 10.0. The van der Waals surface area contributed by atoms with Crippen LogP contribution < -0.4 is 5.32 Å². The number of aromatic nitrogens is 3. The van der Waals surface area contributed by atoms with Crippen molar-refractivity contribution in [2.24, 2.45) is 16.7 Å². The second kappa shape index (κ2) is 5.47. The van der Waals surface area contributed by atoms with Gasteiger partial charge < -0.3 is 5.32 Å².